The summed E-state index contributed by atoms with van der Waals surface area (Å²) < 4.78 is 16.9. The van der Waals surface area contributed by atoms with Gasteiger partial charge in [-0.15, -0.1) is 0 Å². The van der Waals surface area contributed by atoms with Gasteiger partial charge in [0.1, 0.15) is 13.2 Å². The Balaban J connectivity index is 4.50. The van der Waals surface area contributed by atoms with Crippen LogP contribution in [-0.2, 0) is 28.6 Å². The molecule has 0 amide bonds. The summed E-state index contributed by atoms with van der Waals surface area (Å²) in [5.74, 6) is -0.965. The molecular weight excluding hydrogens is 1010 g/mol. The number of esters is 3. The average molecular weight is 1140 g/mol. The topological polar surface area (TPSA) is 78.9 Å². The van der Waals surface area contributed by atoms with Crippen LogP contribution in [-0.4, -0.2) is 37.2 Å². The lowest BCUT2D eigenvalue weighted by atomic mass is 10.0. The first kappa shape index (κ1) is 77.8. The van der Waals surface area contributed by atoms with Gasteiger partial charge in [0.25, 0.3) is 0 Å². The van der Waals surface area contributed by atoms with Gasteiger partial charge in [-0.1, -0.05) is 316 Å². The summed E-state index contributed by atoms with van der Waals surface area (Å²) in [6, 6.07) is 0. The molecule has 0 saturated carbocycles. The second-order valence-electron chi connectivity index (χ2n) is 22.7. The number of ether oxygens (including phenoxy) is 3. The summed E-state index contributed by atoms with van der Waals surface area (Å²) in [7, 11) is 0. The van der Waals surface area contributed by atoms with Gasteiger partial charge in [-0.2, -0.15) is 0 Å². The van der Waals surface area contributed by atoms with Gasteiger partial charge >= 0.3 is 17.9 Å². The maximum absolute atomic E-state index is 13.0. The maximum atomic E-state index is 13.0. The Morgan fingerprint density at radius 3 is 0.793 bits per heavy atom. The van der Waals surface area contributed by atoms with Crippen LogP contribution in [0.25, 0.3) is 0 Å². The predicted molar refractivity (Wildman–Crippen MR) is 357 cm³/mol. The summed E-state index contributed by atoms with van der Waals surface area (Å²) in [5, 5.41) is 0. The third-order valence-electron chi connectivity index (χ3n) is 14.7. The van der Waals surface area contributed by atoms with Gasteiger partial charge in [0.15, 0.2) is 6.10 Å². The van der Waals surface area contributed by atoms with Crippen molar-refractivity contribution in [3.8, 4) is 0 Å². The van der Waals surface area contributed by atoms with Crippen LogP contribution in [0.4, 0.5) is 0 Å². The van der Waals surface area contributed by atoms with Gasteiger partial charge in [0.2, 0.25) is 0 Å². The largest absolute Gasteiger partial charge is 0.462 e. The highest BCUT2D eigenvalue weighted by Crippen LogP contribution is 2.17. The standard InChI is InChI=1S/C76H128O6/c1-4-7-10-13-16-19-22-25-28-31-34-37-38-40-42-45-48-51-54-57-60-63-66-69-75(78)81-72-73(71-80-74(77)68-65-62-59-56-53-50-47-44-41-36-33-30-27-24-21-18-15-12-9-6-3)82-76(79)70-67-64-61-58-55-52-49-46-43-39-35-32-29-26-23-20-17-14-11-8-5-2/h7,10,16,19,23,25-26,28,32,34-35,37,40,42-43,46,48,51,57,60,73H,4-6,8-9,11-15,17-18,20-22,24,27,29-31,33,36,38-39,41,44-45,47,49-50,52-56,58-59,61-72H2,1-3H3/b10-7-,19-16-,26-23-,28-25-,35-32-,37-34-,42-40-,46-43-,51-48-,60-57-. The van der Waals surface area contributed by atoms with Crippen molar-refractivity contribution in [2.75, 3.05) is 13.2 Å². The van der Waals surface area contributed by atoms with Crippen molar-refractivity contribution >= 4 is 17.9 Å². The summed E-state index contributed by atoms with van der Waals surface area (Å²) in [6.07, 6.45) is 96.4. The van der Waals surface area contributed by atoms with Crippen LogP contribution in [0.3, 0.4) is 0 Å². The van der Waals surface area contributed by atoms with E-state index in [9.17, 15) is 14.4 Å². The minimum Gasteiger partial charge on any atom is -0.462 e. The van der Waals surface area contributed by atoms with Crippen molar-refractivity contribution in [1.29, 1.82) is 0 Å². The molecule has 1 atom stereocenters. The number of allylic oxidation sites excluding steroid dienone is 20. The number of rotatable bonds is 62. The molecule has 0 aliphatic carbocycles. The molecule has 0 aliphatic heterocycles. The number of unbranched alkanes of at least 4 members (excludes halogenated alkanes) is 31. The molecule has 0 bridgehead atoms. The molecule has 6 heteroatoms. The molecule has 0 fully saturated rings. The molecule has 0 aromatic rings. The van der Waals surface area contributed by atoms with Gasteiger partial charge in [0.05, 0.1) is 0 Å². The van der Waals surface area contributed by atoms with E-state index in [2.05, 4.69) is 142 Å². The first-order chi connectivity index (χ1) is 40.5. The third kappa shape index (κ3) is 66.6. The highest BCUT2D eigenvalue weighted by molar-refractivity contribution is 5.71. The van der Waals surface area contributed by atoms with Gasteiger partial charge in [0, 0.05) is 19.3 Å². The highest BCUT2D eigenvalue weighted by atomic mass is 16.6. The minimum atomic E-state index is -0.813. The fourth-order valence-corrected chi connectivity index (χ4v) is 9.56. The Kier molecular flexibility index (Phi) is 65.8. The number of carbonyl (C=O) groups excluding carboxylic acids is 3. The maximum Gasteiger partial charge on any atom is 0.306 e. The first-order valence-electron chi connectivity index (χ1n) is 34.5. The van der Waals surface area contributed by atoms with E-state index in [1.165, 1.54) is 161 Å². The van der Waals surface area contributed by atoms with Crippen LogP contribution < -0.4 is 0 Å². The van der Waals surface area contributed by atoms with Crippen molar-refractivity contribution in [2.24, 2.45) is 0 Å². The Hall–Kier alpha value is -4.19. The van der Waals surface area contributed by atoms with E-state index in [1.807, 2.05) is 0 Å². The van der Waals surface area contributed by atoms with Crippen LogP contribution in [0.1, 0.15) is 323 Å². The first-order valence-corrected chi connectivity index (χ1v) is 34.5. The molecule has 0 rings (SSSR count). The lowest BCUT2D eigenvalue weighted by molar-refractivity contribution is -0.167. The molecule has 1 unspecified atom stereocenters. The van der Waals surface area contributed by atoms with Crippen LogP contribution in [0.15, 0.2) is 122 Å². The smallest absolute Gasteiger partial charge is 0.306 e. The average Bonchev–Trinajstić information content (AvgIpc) is 3.47. The van der Waals surface area contributed by atoms with E-state index < -0.39 is 6.10 Å². The Labute approximate surface area is 507 Å². The van der Waals surface area contributed by atoms with E-state index in [-0.39, 0.29) is 37.5 Å². The third-order valence-corrected chi connectivity index (χ3v) is 14.7. The van der Waals surface area contributed by atoms with Crippen molar-refractivity contribution < 1.29 is 28.6 Å². The van der Waals surface area contributed by atoms with E-state index >= 15 is 0 Å². The van der Waals surface area contributed by atoms with Gasteiger partial charge in [-0.3, -0.25) is 14.4 Å². The molecule has 0 heterocycles. The fourth-order valence-electron chi connectivity index (χ4n) is 9.56. The molecule has 0 N–H and O–H groups in total. The molecule has 468 valence electrons. The lowest BCUT2D eigenvalue weighted by Crippen LogP contribution is -2.30. The summed E-state index contributed by atoms with van der Waals surface area (Å²) in [4.78, 5) is 38.4. The number of hydrogen-bond donors (Lipinski definition) is 0. The monoisotopic (exact) mass is 1140 g/mol. The Morgan fingerprint density at radius 1 is 0.256 bits per heavy atom. The van der Waals surface area contributed by atoms with Crippen LogP contribution in [0.5, 0.6) is 0 Å². The zero-order chi connectivity index (χ0) is 59.2. The second kappa shape index (κ2) is 69.3. The molecule has 0 aromatic carbocycles. The quantitative estimate of drug-likeness (QED) is 0.0261. The zero-order valence-electron chi connectivity index (χ0n) is 53.7. The normalized spacial score (nSPS) is 12.9. The Morgan fingerprint density at radius 2 is 0.488 bits per heavy atom. The molecular formula is C76H128O6. The van der Waals surface area contributed by atoms with Crippen molar-refractivity contribution in [2.45, 2.75) is 329 Å². The van der Waals surface area contributed by atoms with Crippen molar-refractivity contribution in [1.82, 2.24) is 0 Å². The molecule has 82 heavy (non-hydrogen) atoms. The summed E-state index contributed by atoms with van der Waals surface area (Å²) >= 11 is 0. The predicted octanol–water partition coefficient (Wildman–Crippen LogP) is 23.9. The molecule has 0 saturated heterocycles. The van der Waals surface area contributed by atoms with Gasteiger partial charge in [-0.25, -0.2) is 0 Å². The molecule has 0 aliphatic rings. The Bertz CT molecular complexity index is 1690. The SMILES string of the molecule is CC/C=C\C/C=C\C/C=C\C/C=C\C/C=C\C/C=C\C/C=C\CCCC(=O)OCC(COC(=O)CCCCCCCCCCCCCCCCCCCCCC)OC(=O)CCCCCCCC/C=C\C/C=C\C/C=C\CCCCCCC. The second-order valence-corrected chi connectivity index (χ2v) is 22.7. The molecule has 0 spiro atoms. The lowest BCUT2D eigenvalue weighted by Gasteiger charge is -2.18. The van der Waals surface area contributed by atoms with Crippen LogP contribution >= 0.6 is 0 Å². The molecule has 0 radical (unpaired) electrons. The van der Waals surface area contributed by atoms with Gasteiger partial charge in [-0.05, 0) is 109 Å². The van der Waals surface area contributed by atoms with Gasteiger partial charge < -0.3 is 14.2 Å². The van der Waals surface area contributed by atoms with E-state index in [1.54, 1.807) is 0 Å². The van der Waals surface area contributed by atoms with Crippen LogP contribution in [0, 0.1) is 0 Å². The van der Waals surface area contributed by atoms with Crippen molar-refractivity contribution in [3.63, 3.8) is 0 Å². The number of hydrogen-bond acceptors (Lipinski definition) is 6. The molecule has 0 aromatic heterocycles. The highest BCUT2D eigenvalue weighted by Gasteiger charge is 2.19. The minimum absolute atomic E-state index is 0.101. The fraction of sp³-hybridized carbons (Fsp3) is 0.697. The van der Waals surface area contributed by atoms with Crippen molar-refractivity contribution in [3.05, 3.63) is 122 Å². The summed E-state index contributed by atoms with van der Waals surface area (Å²) in [5.41, 5.74) is 0. The molecule has 6 nitrogen and oxygen atoms in total. The van der Waals surface area contributed by atoms with E-state index in [0.717, 1.165) is 116 Å². The zero-order valence-corrected chi connectivity index (χ0v) is 53.7. The van der Waals surface area contributed by atoms with E-state index in [0.29, 0.717) is 19.3 Å². The van der Waals surface area contributed by atoms with Crippen LogP contribution in [0.2, 0.25) is 0 Å². The van der Waals surface area contributed by atoms with E-state index in [4.69, 9.17) is 14.2 Å². The summed E-state index contributed by atoms with van der Waals surface area (Å²) in [6.45, 7) is 6.49. The number of carbonyl (C=O) groups is 3.